The van der Waals surface area contributed by atoms with Gasteiger partial charge in [-0.05, 0) is 18.9 Å². The van der Waals surface area contributed by atoms with Gasteiger partial charge >= 0.3 is 0 Å². The number of ether oxygens (including phenoxy) is 1. The van der Waals surface area contributed by atoms with Crippen LogP contribution in [0.5, 0.6) is 5.88 Å². The summed E-state index contributed by atoms with van der Waals surface area (Å²) in [4.78, 5) is 8.47. The van der Waals surface area contributed by atoms with E-state index in [0.717, 1.165) is 37.3 Å². The van der Waals surface area contributed by atoms with Gasteiger partial charge in [0.15, 0.2) is 5.96 Å². The molecule has 0 fully saturated rings. The highest BCUT2D eigenvalue weighted by atomic mass is 16.5. The summed E-state index contributed by atoms with van der Waals surface area (Å²) in [5, 5.41) is 6.51. The van der Waals surface area contributed by atoms with Crippen LogP contribution < -0.4 is 15.4 Å². The number of guanidine groups is 1. The Bertz CT molecular complexity index is 407. The molecule has 0 spiro atoms. The van der Waals surface area contributed by atoms with Crippen molar-refractivity contribution in [3.05, 3.63) is 23.9 Å². The van der Waals surface area contributed by atoms with E-state index in [2.05, 4.69) is 34.5 Å². The number of aliphatic imine (C=N–C) groups is 1. The molecule has 0 aliphatic carbocycles. The summed E-state index contributed by atoms with van der Waals surface area (Å²) >= 11 is 0. The molecule has 0 amide bonds. The Hall–Kier alpha value is -1.78. The van der Waals surface area contributed by atoms with Crippen molar-refractivity contribution in [1.82, 2.24) is 15.6 Å². The van der Waals surface area contributed by atoms with Gasteiger partial charge in [0, 0.05) is 31.9 Å². The predicted octanol–water partition coefficient (Wildman–Crippen LogP) is 2.34. The fourth-order valence-electron chi connectivity index (χ4n) is 1.64. The van der Waals surface area contributed by atoms with Crippen molar-refractivity contribution in [1.29, 1.82) is 0 Å². The maximum absolute atomic E-state index is 5.71. The maximum Gasteiger partial charge on any atom is 0.218 e. The van der Waals surface area contributed by atoms with Crippen molar-refractivity contribution in [3.8, 4) is 5.88 Å². The average molecular weight is 278 g/mol. The van der Waals surface area contributed by atoms with Gasteiger partial charge in [-0.15, -0.1) is 0 Å². The maximum atomic E-state index is 5.71. The molecule has 0 bridgehead atoms. The van der Waals surface area contributed by atoms with Crippen LogP contribution in [0.15, 0.2) is 23.3 Å². The summed E-state index contributed by atoms with van der Waals surface area (Å²) in [6.45, 7) is 6.54. The van der Waals surface area contributed by atoms with Gasteiger partial charge in [0.25, 0.3) is 0 Å². The molecule has 0 unspecified atom stereocenters. The second-order valence-electron chi connectivity index (χ2n) is 4.52. The van der Waals surface area contributed by atoms with Crippen molar-refractivity contribution >= 4 is 5.96 Å². The van der Waals surface area contributed by atoms with E-state index in [9.17, 15) is 0 Å². The fourth-order valence-corrected chi connectivity index (χ4v) is 1.64. The lowest BCUT2D eigenvalue weighted by Crippen LogP contribution is -2.37. The molecule has 112 valence electrons. The number of pyridine rings is 1. The molecule has 5 nitrogen and oxygen atoms in total. The summed E-state index contributed by atoms with van der Waals surface area (Å²) in [5.41, 5.74) is 1.04. The first kappa shape index (κ1) is 16.3. The second kappa shape index (κ2) is 10.1. The minimum absolute atomic E-state index is 0.651. The molecule has 0 radical (unpaired) electrons. The lowest BCUT2D eigenvalue weighted by Gasteiger charge is -2.13. The van der Waals surface area contributed by atoms with Gasteiger partial charge in [0.2, 0.25) is 5.88 Å². The van der Waals surface area contributed by atoms with E-state index in [1.165, 1.54) is 0 Å². The molecule has 0 aliphatic rings. The first-order valence-corrected chi connectivity index (χ1v) is 7.33. The van der Waals surface area contributed by atoms with E-state index in [0.29, 0.717) is 19.0 Å². The summed E-state index contributed by atoms with van der Waals surface area (Å²) < 4.78 is 5.71. The van der Waals surface area contributed by atoms with Gasteiger partial charge in [-0.2, -0.15) is 0 Å². The van der Waals surface area contributed by atoms with Gasteiger partial charge in [0.1, 0.15) is 0 Å². The van der Waals surface area contributed by atoms with E-state index in [1.807, 2.05) is 12.1 Å². The minimum Gasteiger partial charge on any atom is -0.477 e. The lowest BCUT2D eigenvalue weighted by molar-refractivity contribution is 0.294. The highest BCUT2D eigenvalue weighted by Crippen LogP contribution is 2.14. The van der Waals surface area contributed by atoms with Crippen molar-refractivity contribution < 1.29 is 4.74 Å². The van der Waals surface area contributed by atoms with Crippen LogP contribution in [0, 0.1) is 0 Å². The largest absolute Gasteiger partial charge is 0.477 e. The zero-order valence-corrected chi connectivity index (χ0v) is 12.8. The van der Waals surface area contributed by atoms with E-state index < -0.39 is 0 Å². The van der Waals surface area contributed by atoms with Crippen molar-refractivity contribution in [2.24, 2.45) is 4.99 Å². The number of hydrogen-bond acceptors (Lipinski definition) is 3. The van der Waals surface area contributed by atoms with Gasteiger partial charge in [-0.25, -0.2) is 4.98 Å². The normalized spacial score (nSPS) is 11.2. The summed E-state index contributed by atoms with van der Waals surface area (Å²) in [7, 11) is 1.77. The molecular weight excluding hydrogens is 252 g/mol. The zero-order chi connectivity index (χ0) is 14.6. The quantitative estimate of drug-likeness (QED) is 0.435. The summed E-state index contributed by atoms with van der Waals surface area (Å²) in [5.74, 6) is 1.51. The third-order valence-corrected chi connectivity index (χ3v) is 2.80. The average Bonchev–Trinajstić information content (AvgIpc) is 2.49. The number of nitrogens with zero attached hydrogens (tertiary/aromatic N) is 2. The van der Waals surface area contributed by atoms with E-state index in [1.54, 1.807) is 13.2 Å². The van der Waals surface area contributed by atoms with Gasteiger partial charge in [-0.1, -0.05) is 26.3 Å². The number of nitrogens with one attached hydrogen (secondary N) is 2. The Morgan fingerprint density at radius 2 is 2.15 bits per heavy atom. The standard InChI is InChI=1S/C15H26N4O/c1-4-6-11-20-14-13(8-7-10-17-14)12-19-15(16-3)18-9-5-2/h7-8,10H,4-6,9,11-12H2,1-3H3,(H2,16,18,19). The van der Waals surface area contributed by atoms with Crippen LogP contribution in [0.3, 0.4) is 0 Å². The first-order chi connectivity index (χ1) is 9.81. The van der Waals surface area contributed by atoms with Crippen molar-refractivity contribution in [2.75, 3.05) is 20.2 Å². The second-order valence-corrected chi connectivity index (χ2v) is 4.52. The molecule has 1 rings (SSSR count). The molecule has 2 N–H and O–H groups in total. The molecule has 0 saturated carbocycles. The predicted molar refractivity (Wildman–Crippen MR) is 83.1 cm³/mol. The molecule has 1 aromatic heterocycles. The first-order valence-electron chi connectivity index (χ1n) is 7.33. The van der Waals surface area contributed by atoms with Crippen molar-refractivity contribution in [3.63, 3.8) is 0 Å². The smallest absolute Gasteiger partial charge is 0.218 e. The number of rotatable bonds is 8. The Morgan fingerprint density at radius 1 is 1.30 bits per heavy atom. The van der Waals surface area contributed by atoms with Crippen LogP contribution in [0.1, 0.15) is 38.7 Å². The molecule has 20 heavy (non-hydrogen) atoms. The van der Waals surface area contributed by atoms with Crippen molar-refractivity contribution in [2.45, 2.75) is 39.7 Å². The van der Waals surface area contributed by atoms with Crippen LogP contribution in [0.2, 0.25) is 0 Å². The molecule has 0 aliphatic heterocycles. The number of aromatic nitrogens is 1. The Morgan fingerprint density at radius 3 is 2.85 bits per heavy atom. The third-order valence-electron chi connectivity index (χ3n) is 2.80. The molecule has 5 heteroatoms. The molecule has 1 aromatic rings. The van der Waals surface area contributed by atoms with Crippen LogP contribution in [0.4, 0.5) is 0 Å². The summed E-state index contributed by atoms with van der Waals surface area (Å²) in [6.07, 6.45) is 4.99. The highest BCUT2D eigenvalue weighted by molar-refractivity contribution is 5.79. The van der Waals surface area contributed by atoms with Gasteiger partial charge in [0.05, 0.1) is 6.61 Å². The topological polar surface area (TPSA) is 58.5 Å². The molecule has 1 heterocycles. The monoisotopic (exact) mass is 278 g/mol. The highest BCUT2D eigenvalue weighted by Gasteiger charge is 2.05. The molecule has 0 atom stereocenters. The Labute approximate surface area is 121 Å². The molecule has 0 aromatic carbocycles. The van der Waals surface area contributed by atoms with E-state index in [-0.39, 0.29) is 0 Å². The Balaban J connectivity index is 2.53. The Kier molecular flexibility index (Phi) is 8.19. The molecular formula is C15H26N4O. The van der Waals surface area contributed by atoms with E-state index >= 15 is 0 Å². The van der Waals surface area contributed by atoms with Gasteiger partial charge < -0.3 is 15.4 Å². The third kappa shape index (κ3) is 5.91. The zero-order valence-electron chi connectivity index (χ0n) is 12.8. The minimum atomic E-state index is 0.651. The van der Waals surface area contributed by atoms with E-state index in [4.69, 9.17) is 4.74 Å². The summed E-state index contributed by atoms with van der Waals surface area (Å²) in [6, 6.07) is 3.94. The molecule has 0 saturated heterocycles. The van der Waals surface area contributed by atoms with Crippen LogP contribution >= 0.6 is 0 Å². The van der Waals surface area contributed by atoms with Crippen LogP contribution in [-0.4, -0.2) is 31.1 Å². The SMILES string of the molecule is CCCCOc1ncccc1CNC(=NC)NCCC. The lowest BCUT2D eigenvalue weighted by atomic mass is 10.2. The number of hydrogen-bond donors (Lipinski definition) is 2. The number of unbranched alkanes of at least 4 members (excludes halogenated alkanes) is 1. The van der Waals surface area contributed by atoms with Crippen LogP contribution in [0.25, 0.3) is 0 Å². The van der Waals surface area contributed by atoms with Gasteiger partial charge in [-0.3, -0.25) is 4.99 Å². The fraction of sp³-hybridized carbons (Fsp3) is 0.600. The van der Waals surface area contributed by atoms with Crippen LogP contribution in [-0.2, 0) is 6.54 Å².